The zero-order chi connectivity index (χ0) is 53.2. The highest BCUT2D eigenvalue weighted by Gasteiger charge is 2.51. The molecule has 4 heteroatoms. The molecule has 2 aliphatic heterocycles. The van der Waals surface area contributed by atoms with Crippen molar-refractivity contribution in [3.05, 3.63) is 242 Å². The first-order chi connectivity index (χ1) is 36.6. The van der Waals surface area contributed by atoms with Gasteiger partial charge >= 0.3 is 0 Å². The normalized spacial score (nSPS) is 18.5. The molecule has 0 unspecified atom stereocenters. The van der Waals surface area contributed by atoms with E-state index in [4.69, 9.17) is 4.42 Å². The molecule has 5 aliphatic rings. The van der Waals surface area contributed by atoms with Crippen LogP contribution in [0, 0.1) is 6.92 Å². The Morgan fingerprint density at radius 3 is 1.22 bits per heavy atom. The highest BCUT2D eigenvalue weighted by molar-refractivity contribution is 7.00. The van der Waals surface area contributed by atoms with Gasteiger partial charge in [-0.2, -0.15) is 0 Å². The summed E-state index contributed by atoms with van der Waals surface area (Å²) in [5, 5.41) is 2.26. The first-order valence-corrected chi connectivity index (χ1v) is 28.1. The Morgan fingerprint density at radius 1 is 0.325 bits per heavy atom. The maximum absolute atomic E-state index is 6.75. The van der Waals surface area contributed by atoms with E-state index in [0.717, 1.165) is 27.6 Å². The molecule has 0 bridgehead atoms. The number of hydrogen-bond acceptors (Lipinski definition) is 3. The van der Waals surface area contributed by atoms with Crippen LogP contribution in [0.5, 0.6) is 0 Å². The first-order valence-electron chi connectivity index (χ1n) is 28.1. The van der Waals surface area contributed by atoms with Gasteiger partial charge in [-0.05, 0) is 150 Å². The number of fused-ring (bicyclic) bond motifs is 13. The summed E-state index contributed by atoms with van der Waals surface area (Å²) in [6, 6.07) is 66.0. The van der Waals surface area contributed by atoms with Crippen molar-refractivity contribution >= 4 is 79.2 Å². The molecule has 3 nitrogen and oxygen atoms in total. The Balaban J connectivity index is 1.09. The second-order valence-electron chi connectivity index (χ2n) is 26.6. The monoisotopic (exact) mass is 999 g/mol. The Morgan fingerprint density at radius 2 is 0.714 bits per heavy atom. The fourth-order valence-corrected chi connectivity index (χ4v) is 16.1. The zero-order valence-corrected chi connectivity index (χ0v) is 47.0. The number of furan rings is 1. The van der Waals surface area contributed by atoms with Crippen LogP contribution < -0.4 is 26.2 Å². The van der Waals surface area contributed by atoms with Crippen LogP contribution in [0.15, 0.2) is 174 Å². The van der Waals surface area contributed by atoms with Crippen molar-refractivity contribution in [1.82, 2.24) is 0 Å². The van der Waals surface area contributed by atoms with Crippen LogP contribution in [-0.2, 0) is 32.5 Å². The molecule has 0 saturated carbocycles. The quantitative estimate of drug-likeness (QED) is 0.161. The summed E-state index contributed by atoms with van der Waals surface area (Å²) < 4.78 is 6.75. The van der Waals surface area contributed by atoms with E-state index in [1.54, 1.807) is 0 Å². The third kappa shape index (κ3) is 5.84. The molecule has 0 amide bonds. The summed E-state index contributed by atoms with van der Waals surface area (Å²) in [4.78, 5) is 5.33. The number of aryl methyl sites for hydroxylation is 1. The van der Waals surface area contributed by atoms with Crippen molar-refractivity contribution < 1.29 is 4.42 Å². The molecule has 0 N–H and O–H groups in total. The van der Waals surface area contributed by atoms with Crippen molar-refractivity contribution in [3.63, 3.8) is 0 Å². The number of rotatable bonds is 2. The topological polar surface area (TPSA) is 19.6 Å². The van der Waals surface area contributed by atoms with E-state index in [9.17, 15) is 0 Å². The summed E-state index contributed by atoms with van der Waals surface area (Å²) in [5.74, 6) is 0. The Labute approximate surface area is 455 Å². The minimum atomic E-state index is -0.257. The van der Waals surface area contributed by atoms with Gasteiger partial charge in [0.1, 0.15) is 11.2 Å². The van der Waals surface area contributed by atoms with Crippen molar-refractivity contribution in [3.8, 4) is 0 Å². The molecule has 3 aliphatic carbocycles. The number of anilines is 6. The van der Waals surface area contributed by atoms with Gasteiger partial charge in [0.2, 0.25) is 0 Å². The van der Waals surface area contributed by atoms with Gasteiger partial charge in [0.25, 0.3) is 6.71 Å². The smallest absolute Gasteiger partial charge is 0.252 e. The predicted octanol–water partition coefficient (Wildman–Crippen LogP) is 16.9. The number of para-hydroxylation sites is 1. The lowest BCUT2D eigenvalue weighted by atomic mass is 9.32. The molecular weight excluding hydrogens is 932 g/mol. The predicted molar refractivity (Wildman–Crippen MR) is 325 cm³/mol. The van der Waals surface area contributed by atoms with E-state index < -0.39 is 0 Å². The molecule has 9 aromatic carbocycles. The van der Waals surface area contributed by atoms with Crippen molar-refractivity contribution in [2.45, 2.75) is 122 Å². The van der Waals surface area contributed by atoms with E-state index >= 15 is 0 Å². The van der Waals surface area contributed by atoms with E-state index in [1.165, 1.54) is 117 Å². The lowest BCUT2D eigenvalue weighted by Gasteiger charge is -2.50. The van der Waals surface area contributed by atoms with Crippen LogP contribution in [0.4, 0.5) is 34.1 Å². The van der Waals surface area contributed by atoms with Crippen LogP contribution in [0.2, 0.25) is 0 Å². The van der Waals surface area contributed by atoms with Crippen LogP contribution in [-0.4, -0.2) is 6.71 Å². The minimum absolute atomic E-state index is 0.0824. The number of benzene rings is 9. The Bertz CT molecular complexity index is 4270. The molecule has 1 aromatic heterocycles. The summed E-state index contributed by atoms with van der Waals surface area (Å²) >= 11 is 0. The average molecular weight is 999 g/mol. The molecule has 0 radical (unpaired) electrons. The summed E-state index contributed by atoms with van der Waals surface area (Å²) in [6.45, 7) is 31.6. The SMILES string of the molecule is Cc1cc2c3c(c1)N(c1cccc4oc5ccccc5c14)c1cc4c(cc1B3c1cc3c(cc1N2c1ccc2c(c1)C(C)(C)c1ccccc1C2(C)C)C(C)(C)c1ccccc1C3(C)C)C(C)(C)c1ccccc1C4(C)C. The van der Waals surface area contributed by atoms with E-state index in [1.807, 2.05) is 0 Å². The zero-order valence-electron chi connectivity index (χ0n) is 47.0. The van der Waals surface area contributed by atoms with Gasteiger partial charge in [0.15, 0.2) is 0 Å². The Kier molecular flexibility index (Phi) is 9.05. The largest absolute Gasteiger partial charge is 0.456 e. The molecule has 15 rings (SSSR count). The highest BCUT2D eigenvalue weighted by atomic mass is 16.3. The number of nitrogens with zero attached hydrogens (tertiary/aromatic N) is 2. The molecule has 0 saturated heterocycles. The fraction of sp³-hybridized carbons (Fsp3) is 0.260. The summed E-state index contributed by atoms with van der Waals surface area (Å²) in [6.07, 6.45) is 0. The van der Waals surface area contributed by atoms with Crippen LogP contribution in [0.1, 0.15) is 155 Å². The molecule has 0 spiro atoms. The highest BCUT2D eigenvalue weighted by Crippen LogP contribution is 2.57. The van der Waals surface area contributed by atoms with Gasteiger partial charge in [-0.1, -0.05) is 198 Å². The van der Waals surface area contributed by atoms with Gasteiger partial charge in [0, 0.05) is 66.3 Å². The maximum Gasteiger partial charge on any atom is 0.252 e. The van der Waals surface area contributed by atoms with Gasteiger partial charge in [-0.15, -0.1) is 0 Å². The van der Waals surface area contributed by atoms with Crippen molar-refractivity contribution in [2.24, 2.45) is 0 Å². The summed E-state index contributed by atoms with van der Waals surface area (Å²) in [5.41, 5.74) is 29.8. The first kappa shape index (κ1) is 46.7. The van der Waals surface area contributed by atoms with Crippen LogP contribution >= 0.6 is 0 Å². The van der Waals surface area contributed by atoms with Gasteiger partial charge < -0.3 is 14.2 Å². The third-order valence-electron chi connectivity index (χ3n) is 20.2. The molecule has 77 heavy (non-hydrogen) atoms. The molecular formula is C73H67BN2O. The van der Waals surface area contributed by atoms with E-state index in [2.05, 4.69) is 270 Å². The van der Waals surface area contributed by atoms with Gasteiger partial charge in [-0.25, -0.2) is 0 Å². The van der Waals surface area contributed by atoms with Crippen LogP contribution in [0.3, 0.4) is 0 Å². The summed E-state index contributed by atoms with van der Waals surface area (Å²) in [7, 11) is 0. The minimum Gasteiger partial charge on any atom is -0.456 e. The lowest BCUT2D eigenvalue weighted by Crippen LogP contribution is -2.62. The Hall–Kier alpha value is -7.56. The van der Waals surface area contributed by atoms with E-state index in [-0.39, 0.29) is 39.2 Å². The number of hydrogen-bond donors (Lipinski definition) is 0. The van der Waals surface area contributed by atoms with Crippen molar-refractivity contribution in [2.75, 3.05) is 9.80 Å². The molecule has 3 heterocycles. The molecule has 0 atom stereocenters. The average Bonchev–Trinajstić information content (AvgIpc) is 3.90. The van der Waals surface area contributed by atoms with Crippen molar-refractivity contribution in [1.29, 1.82) is 0 Å². The fourth-order valence-electron chi connectivity index (χ4n) is 16.1. The third-order valence-corrected chi connectivity index (χ3v) is 20.2. The van der Waals surface area contributed by atoms with Gasteiger partial charge in [-0.3, -0.25) is 0 Å². The van der Waals surface area contributed by atoms with E-state index in [0.29, 0.717) is 0 Å². The molecule has 10 aromatic rings. The molecule has 378 valence electrons. The maximum atomic E-state index is 6.75. The van der Waals surface area contributed by atoms with Gasteiger partial charge in [0.05, 0.1) is 11.1 Å². The second-order valence-corrected chi connectivity index (χ2v) is 26.6. The second kappa shape index (κ2) is 14.9. The van der Waals surface area contributed by atoms with Crippen LogP contribution in [0.25, 0.3) is 21.9 Å². The lowest BCUT2D eigenvalue weighted by molar-refractivity contribution is 0.520. The standard InChI is InChI=1S/C73H67BN2O/c1-42-35-62-67-63(36-42)76(59-30-22-32-65-66(59)44-23-14-21-31-64(44)77-65)61-41-56-54(71(8,9)48-27-18-20-29-50(48)73(56,12)13)39-58(61)74(67)57-38-53-55(72(10,11)49-28-19-17-26-47(49)70(53,6)7)40-60(57)75(62)43-33-34-51-52(37-43)69(4,5)46-25-16-15-24-45(46)68(51,2)3/h14-41H,1-13H3. The molecule has 0 fully saturated rings.